The number of rotatable bonds is 4. The van der Waals surface area contributed by atoms with Crippen LogP contribution in [-0.2, 0) is 11.3 Å². The average molecular weight is 363 g/mol. The van der Waals surface area contributed by atoms with E-state index in [-0.39, 0.29) is 5.91 Å². The molecule has 0 aliphatic carbocycles. The number of aromatic nitrogens is 1. The number of benzene rings is 2. The molecule has 4 rings (SSSR count). The maximum Gasteiger partial charge on any atom is 0.258 e. The van der Waals surface area contributed by atoms with Crippen molar-refractivity contribution in [1.29, 1.82) is 0 Å². The number of likely N-dealkylation sites (N-methyl/N-ethyl adjacent to an activating group) is 1. The van der Waals surface area contributed by atoms with Gasteiger partial charge in [0, 0.05) is 34.4 Å². The highest BCUT2D eigenvalue weighted by Crippen LogP contribution is 2.29. The Morgan fingerprint density at radius 2 is 1.85 bits per heavy atom. The summed E-state index contributed by atoms with van der Waals surface area (Å²) in [5, 5.41) is 4.50. The van der Waals surface area contributed by atoms with Crippen LogP contribution in [0.25, 0.3) is 27.9 Å². The molecule has 5 heteroatoms. The number of carbonyl (C=O) groups excluding carboxylic acids is 1. The first-order valence-electron chi connectivity index (χ1n) is 9.71. The van der Waals surface area contributed by atoms with Crippen LogP contribution in [0.2, 0.25) is 0 Å². The second-order valence-corrected chi connectivity index (χ2v) is 7.29. The van der Waals surface area contributed by atoms with Crippen molar-refractivity contribution in [2.24, 2.45) is 0 Å². The van der Waals surface area contributed by atoms with Gasteiger partial charge < -0.3 is 9.47 Å². The summed E-state index contributed by atoms with van der Waals surface area (Å²) in [4.78, 5) is 13.8. The summed E-state index contributed by atoms with van der Waals surface area (Å²) in [7, 11) is 2.19. The van der Waals surface area contributed by atoms with Gasteiger partial charge in [0.2, 0.25) is 0 Å². The van der Waals surface area contributed by atoms with E-state index in [2.05, 4.69) is 66.4 Å². The molecular weight excluding hydrogens is 336 g/mol. The molecule has 0 unspecified atom stereocenters. The third-order valence-electron chi connectivity index (χ3n) is 5.43. The van der Waals surface area contributed by atoms with Gasteiger partial charge in [-0.1, -0.05) is 24.3 Å². The van der Waals surface area contributed by atoms with Crippen LogP contribution in [0.15, 0.2) is 48.5 Å². The molecule has 2 N–H and O–H groups in total. The van der Waals surface area contributed by atoms with Gasteiger partial charge in [-0.3, -0.25) is 10.2 Å². The first-order chi connectivity index (χ1) is 13.2. The molecule has 3 aromatic rings. The van der Waals surface area contributed by atoms with Crippen LogP contribution in [0.3, 0.4) is 0 Å². The molecule has 27 heavy (non-hydrogen) atoms. The minimum Gasteiger partial charge on any atom is -0.341 e. The van der Waals surface area contributed by atoms with Gasteiger partial charge in [-0.25, -0.2) is 5.01 Å². The van der Waals surface area contributed by atoms with Gasteiger partial charge >= 0.3 is 0 Å². The lowest BCUT2D eigenvalue weighted by atomic mass is 10.1. The molecule has 0 radical (unpaired) electrons. The lowest BCUT2D eigenvalue weighted by Gasteiger charge is -2.29. The average Bonchev–Trinajstić information content (AvgIpc) is 3.01. The van der Waals surface area contributed by atoms with E-state index in [0.29, 0.717) is 0 Å². The Morgan fingerprint density at radius 3 is 2.63 bits per heavy atom. The second kappa shape index (κ2) is 7.55. The Morgan fingerprint density at radius 1 is 1.11 bits per heavy atom. The predicted octanol–water partition coefficient (Wildman–Crippen LogP) is 1.69. The summed E-state index contributed by atoms with van der Waals surface area (Å²) in [6, 6.07) is 14.9. The van der Waals surface area contributed by atoms with Gasteiger partial charge in [-0.15, -0.1) is 0 Å². The van der Waals surface area contributed by atoms with Crippen LogP contribution in [0, 0.1) is 0 Å². The molecule has 1 aliphatic rings. The molecule has 1 saturated heterocycles. The molecule has 0 atom stereocenters. The number of hydrogen-bond acceptors (Lipinski definition) is 2. The van der Waals surface area contributed by atoms with E-state index in [1.807, 2.05) is 11.1 Å². The topological polar surface area (TPSA) is 41.7 Å². The number of piperazine rings is 1. The van der Waals surface area contributed by atoms with Gasteiger partial charge in [0.15, 0.2) is 0 Å². The Bertz CT molecular complexity index is 996. The van der Waals surface area contributed by atoms with Gasteiger partial charge in [-0.2, -0.15) is 0 Å². The SMILES string of the molecule is CCn1c2ccccc2c2cc(/C=C/C(=O)NN3CC[NH+](C)CC3)ccc21. The number of amides is 1. The maximum absolute atomic E-state index is 12.2. The highest BCUT2D eigenvalue weighted by atomic mass is 16.2. The summed E-state index contributed by atoms with van der Waals surface area (Å²) in [6.07, 6.45) is 3.53. The largest absolute Gasteiger partial charge is 0.341 e. The van der Waals surface area contributed by atoms with Crippen molar-refractivity contribution in [3.05, 3.63) is 54.1 Å². The van der Waals surface area contributed by atoms with Crippen LogP contribution >= 0.6 is 0 Å². The number of carbonyl (C=O) groups is 1. The van der Waals surface area contributed by atoms with Crippen LogP contribution in [0.4, 0.5) is 0 Å². The quantitative estimate of drug-likeness (QED) is 0.693. The number of para-hydroxylation sites is 1. The highest BCUT2D eigenvalue weighted by molar-refractivity contribution is 6.08. The first-order valence-corrected chi connectivity index (χ1v) is 9.71. The Kier molecular flexibility index (Phi) is 4.97. The molecule has 0 saturated carbocycles. The molecule has 1 fully saturated rings. The number of nitrogens with one attached hydrogen (secondary N) is 2. The first kappa shape index (κ1) is 17.8. The second-order valence-electron chi connectivity index (χ2n) is 7.29. The van der Waals surface area contributed by atoms with E-state index < -0.39 is 0 Å². The van der Waals surface area contributed by atoms with Gasteiger partial charge in [-0.05, 0) is 36.8 Å². The van der Waals surface area contributed by atoms with Gasteiger partial charge in [0.05, 0.1) is 33.2 Å². The normalized spacial score (nSPS) is 16.5. The molecule has 0 bridgehead atoms. The molecule has 2 aromatic carbocycles. The third-order valence-corrected chi connectivity index (χ3v) is 5.43. The summed E-state index contributed by atoms with van der Waals surface area (Å²) < 4.78 is 2.33. The Labute approximate surface area is 159 Å². The Hall–Kier alpha value is -2.63. The zero-order chi connectivity index (χ0) is 18.8. The lowest BCUT2D eigenvalue weighted by Crippen LogP contribution is -3.12. The molecule has 2 heterocycles. The molecule has 140 valence electrons. The fourth-order valence-corrected chi connectivity index (χ4v) is 3.88. The third kappa shape index (κ3) is 3.61. The molecule has 1 aliphatic heterocycles. The molecular formula is C22H27N4O+. The smallest absolute Gasteiger partial charge is 0.258 e. The van der Waals surface area contributed by atoms with Crippen molar-refractivity contribution in [2.75, 3.05) is 33.2 Å². The fourth-order valence-electron chi connectivity index (χ4n) is 3.88. The maximum atomic E-state index is 12.2. The van der Waals surface area contributed by atoms with E-state index >= 15 is 0 Å². The number of aryl methyl sites for hydroxylation is 1. The van der Waals surface area contributed by atoms with Crippen LogP contribution in [0.1, 0.15) is 12.5 Å². The van der Waals surface area contributed by atoms with E-state index in [1.54, 1.807) is 6.08 Å². The van der Waals surface area contributed by atoms with Crippen molar-refractivity contribution < 1.29 is 9.69 Å². The van der Waals surface area contributed by atoms with Gasteiger partial charge in [0.25, 0.3) is 5.91 Å². The summed E-state index contributed by atoms with van der Waals surface area (Å²) in [6.45, 7) is 7.02. The molecule has 0 spiro atoms. The number of quaternary nitrogens is 1. The van der Waals surface area contributed by atoms with E-state index in [1.165, 1.54) is 26.7 Å². The molecule has 1 amide bonds. The van der Waals surface area contributed by atoms with Crippen molar-refractivity contribution in [1.82, 2.24) is 15.0 Å². The predicted molar refractivity (Wildman–Crippen MR) is 110 cm³/mol. The van der Waals surface area contributed by atoms with Crippen molar-refractivity contribution in [3.63, 3.8) is 0 Å². The van der Waals surface area contributed by atoms with Crippen molar-refractivity contribution in [3.8, 4) is 0 Å². The lowest BCUT2D eigenvalue weighted by molar-refractivity contribution is -0.884. The van der Waals surface area contributed by atoms with Crippen molar-refractivity contribution >= 4 is 33.8 Å². The summed E-state index contributed by atoms with van der Waals surface area (Å²) >= 11 is 0. The summed E-state index contributed by atoms with van der Waals surface area (Å²) in [5.74, 6) is -0.0642. The number of fused-ring (bicyclic) bond motifs is 3. The minimum atomic E-state index is -0.0642. The monoisotopic (exact) mass is 363 g/mol. The molecule has 5 nitrogen and oxygen atoms in total. The Balaban J connectivity index is 1.54. The minimum absolute atomic E-state index is 0.0642. The van der Waals surface area contributed by atoms with Crippen LogP contribution in [0.5, 0.6) is 0 Å². The summed E-state index contributed by atoms with van der Waals surface area (Å²) in [5.41, 5.74) is 6.51. The zero-order valence-electron chi connectivity index (χ0n) is 16.0. The van der Waals surface area contributed by atoms with Crippen LogP contribution in [-0.4, -0.2) is 48.7 Å². The highest BCUT2D eigenvalue weighted by Gasteiger charge is 2.17. The van der Waals surface area contributed by atoms with Gasteiger partial charge in [0.1, 0.15) is 0 Å². The number of hydrazine groups is 1. The number of hydrogen-bond donors (Lipinski definition) is 2. The van der Waals surface area contributed by atoms with E-state index in [9.17, 15) is 4.79 Å². The molecule has 1 aromatic heterocycles. The number of nitrogens with zero attached hydrogens (tertiary/aromatic N) is 2. The fraction of sp³-hybridized carbons (Fsp3) is 0.318. The van der Waals surface area contributed by atoms with E-state index in [0.717, 1.165) is 38.3 Å². The zero-order valence-corrected chi connectivity index (χ0v) is 16.0. The van der Waals surface area contributed by atoms with Crippen molar-refractivity contribution in [2.45, 2.75) is 13.5 Å². The standard InChI is InChI=1S/C22H26N4O/c1-3-26-20-7-5-4-6-18(20)19-16-17(8-10-21(19)26)9-11-22(27)23-25-14-12-24(2)13-15-25/h4-11,16H,3,12-15H2,1-2H3,(H,23,27)/p+1/b11-9+. The van der Waals surface area contributed by atoms with E-state index in [4.69, 9.17) is 0 Å². The van der Waals surface area contributed by atoms with Crippen LogP contribution < -0.4 is 10.3 Å².